The first-order chi connectivity index (χ1) is 16.3. The van der Waals surface area contributed by atoms with Crippen molar-refractivity contribution in [2.45, 2.75) is 78.1 Å². The maximum Gasteiger partial charge on any atom is 0.182 e. The fourth-order valence-electron chi connectivity index (χ4n) is 5.13. The zero-order chi connectivity index (χ0) is 26.1. The molecule has 5 nitrogen and oxygen atoms in total. The van der Waals surface area contributed by atoms with E-state index in [1.165, 1.54) is 0 Å². The summed E-state index contributed by atoms with van der Waals surface area (Å²) in [5.41, 5.74) is 2.66. The molecule has 0 radical (unpaired) electrons. The van der Waals surface area contributed by atoms with E-state index < -0.39 is 0 Å². The Bertz CT molecular complexity index is 1040. The molecule has 0 amide bonds. The second-order valence-electron chi connectivity index (χ2n) is 11.9. The molecule has 3 rings (SSSR count). The molecule has 2 N–H and O–H groups in total. The first kappa shape index (κ1) is 26.8. The first-order valence-electron chi connectivity index (χ1n) is 12.7. The summed E-state index contributed by atoms with van der Waals surface area (Å²) in [5, 5.41) is 20.0. The minimum atomic E-state index is -0.299. The number of aromatic hydroxyl groups is 1. The predicted octanol–water partition coefficient (Wildman–Crippen LogP) is 6.67. The Hall–Kier alpha value is -2.82. The molecule has 190 valence electrons. The minimum Gasteiger partial charge on any atom is -0.507 e. The van der Waals surface area contributed by atoms with E-state index in [-0.39, 0.29) is 34.8 Å². The van der Waals surface area contributed by atoms with Gasteiger partial charge in [-0.05, 0) is 53.0 Å². The number of rotatable bonds is 7. The summed E-state index contributed by atoms with van der Waals surface area (Å²) in [5.74, 6) is 1.84. The Balaban J connectivity index is 1.92. The van der Waals surface area contributed by atoms with Crippen molar-refractivity contribution in [1.29, 1.82) is 5.41 Å². The normalized spacial score (nSPS) is 18.7. The van der Waals surface area contributed by atoms with Gasteiger partial charge in [-0.15, -0.1) is 0 Å². The van der Waals surface area contributed by atoms with E-state index in [1.807, 2.05) is 82.8 Å². The number of likely N-dealkylation sites (tertiary alicyclic amines) is 1. The highest BCUT2D eigenvalue weighted by molar-refractivity contribution is 6.01. The second kappa shape index (κ2) is 10.0. The maximum atomic E-state index is 13.6. The van der Waals surface area contributed by atoms with Gasteiger partial charge in [0.25, 0.3) is 0 Å². The van der Waals surface area contributed by atoms with Crippen LogP contribution in [0, 0.1) is 11.3 Å². The molecule has 0 saturated carbocycles. The Labute approximate surface area is 211 Å². The number of hydrogen-bond acceptors (Lipinski definition) is 4. The van der Waals surface area contributed by atoms with Gasteiger partial charge in [0.05, 0.1) is 13.7 Å². The summed E-state index contributed by atoms with van der Waals surface area (Å²) in [4.78, 5) is 15.5. The van der Waals surface area contributed by atoms with Crippen LogP contribution in [-0.4, -0.2) is 41.8 Å². The highest BCUT2D eigenvalue weighted by Gasteiger charge is 2.39. The SMILES string of the molecule is CCC[C@@H]1CN(CC(=O)c2cc(C(C)(C)C)c(O)c(C(C)(C)C)c2)C(=N)[C@@H]1c1ccc(OC)cc1. The molecule has 0 aromatic heterocycles. The van der Waals surface area contributed by atoms with Crippen LogP contribution in [0.1, 0.15) is 94.3 Å². The third-order valence-corrected chi connectivity index (χ3v) is 7.08. The summed E-state index contributed by atoms with van der Waals surface area (Å²) in [7, 11) is 1.65. The number of carbonyl (C=O) groups excluding carboxylic acids is 1. The highest BCUT2D eigenvalue weighted by Crippen LogP contribution is 2.41. The number of carbonyl (C=O) groups is 1. The quantitative estimate of drug-likeness (QED) is 0.436. The lowest BCUT2D eigenvalue weighted by atomic mass is 9.78. The molecule has 0 aliphatic carbocycles. The molecule has 1 saturated heterocycles. The van der Waals surface area contributed by atoms with E-state index in [4.69, 9.17) is 10.1 Å². The van der Waals surface area contributed by atoms with Gasteiger partial charge in [-0.3, -0.25) is 10.2 Å². The van der Waals surface area contributed by atoms with Crippen molar-refractivity contribution in [2.75, 3.05) is 20.2 Å². The van der Waals surface area contributed by atoms with Crippen LogP contribution in [0.25, 0.3) is 0 Å². The van der Waals surface area contributed by atoms with Crippen LogP contribution in [0.4, 0.5) is 0 Å². The molecule has 35 heavy (non-hydrogen) atoms. The van der Waals surface area contributed by atoms with E-state index in [0.29, 0.717) is 23.9 Å². The molecule has 1 heterocycles. The molecule has 0 unspecified atom stereocenters. The summed E-state index contributed by atoms with van der Waals surface area (Å²) >= 11 is 0. The fourth-order valence-corrected chi connectivity index (χ4v) is 5.13. The largest absolute Gasteiger partial charge is 0.507 e. The van der Waals surface area contributed by atoms with Gasteiger partial charge < -0.3 is 14.7 Å². The van der Waals surface area contributed by atoms with Crippen LogP contribution in [0.5, 0.6) is 11.5 Å². The lowest BCUT2D eigenvalue weighted by Gasteiger charge is -2.28. The number of nitrogens with zero attached hydrogens (tertiary/aromatic N) is 1. The van der Waals surface area contributed by atoms with E-state index in [0.717, 1.165) is 35.3 Å². The number of hydrogen-bond donors (Lipinski definition) is 2. The van der Waals surface area contributed by atoms with Gasteiger partial charge in [0.2, 0.25) is 0 Å². The summed E-state index contributed by atoms with van der Waals surface area (Å²) < 4.78 is 5.30. The summed E-state index contributed by atoms with van der Waals surface area (Å²) in [6.07, 6.45) is 2.04. The van der Waals surface area contributed by atoms with Crippen molar-refractivity contribution in [3.05, 3.63) is 58.7 Å². The average molecular weight is 479 g/mol. The van der Waals surface area contributed by atoms with Crippen LogP contribution in [0.2, 0.25) is 0 Å². The van der Waals surface area contributed by atoms with E-state index >= 15 is 0 Å². The third-order valence-electron chi connectivity index (χ3n) is 7.08. The van der Waals surface area contributed by atoms with Crippen molar-refractivity contribution < 1.29 is 14.6 Å². The molecular weight excluding hydrogens is 436 g/mol. The number of nitrogens with one attached hydrogen (secondary N) is 1. The molecule has 1 aliphatic heterocycles. The maximum absolute atomic E-state index is 13.6. The van der Waals surface area contributed by atoms with Crippen molar-refractivity contribution in [2.24, 2.45) is 5.92 Å². The Kier molecular flexibility index (Phi) is 7.68. The number of Topliss-reactive ketones (excluding diaryl/α,β-unsaturated/α-hetero) is 1. The number of ketones is 1. The number of ether oxygens (including phenoxy) is 1. The molecule has 2 aromatic carbocycles. The van der Waals surface area contributed by atoms with Crippen molar-refractivity contribution in [1.82, 2.24) is 4.90 Å². The van der Waals surface area contributed by atoms with Gasteiger partial charge in [0, 0.05) is 29.2 Å². The molecule has 0 bridgehead atoms. The molecule has 2 aromatic rings. The van der Waals surface area contributed by atoms with Crippen LogP contribution in [-0.2, 0) is 10.8 Å². The minimum absolute atomic E-state index is 0.0172. The van der Waals surface area contributed by atoms with Crippen LogP contribution < -0.4 is 4.74 Å². The number of methoxy groups -OCH3 is 1. The Morgan fingerprint density at radius 3 is 2.06 bits per heavy atom. The number of benzene rings is 2. The monoisotopic (exact) mass is 478 g/mol. The lowest BCUT2D eigenvalue weighted by Crippen LogP contribution is -2.32. The number of phenols is 1. The Morgan fingerprint density at radius 2 is 1.60 bits per heavy atom. The summed E-state index contributed by atoms with van der Waals surface area (Å²) in [6.45, 7) is 15.3. The van der Waals surface area contributed by atoms with Crippen molar-refractivity contribution in [3.8, 4) is 11.5 Å². The van der Waals surface area contributed by atoms with Crippen LogP contribution >= 0.6 is 0 Å². The van der Waals surface area contributed by atoms with Gasteiger partial charge in [0.15, 0.2) is 5.78 Å². The Morgan fingerprint density at radius 1 is 1.06 bits per heavy atom. The smallest absolute Gasteiger partial charge is 0.182 e. The fraction of sp³-hybridized carbons (Fsp3) is 0.533. The molecule has 5 heteroatoms. The second-order valence-corrected chi connectivity index (χ2v) is 11.9. The average Bonchev–Trinajstić information content (AvgIpc) is 3.07. The topological polar surface area (TPSA) is 73.6 Å². The van der Waals surface area contributed by atoms with Gasteiger partial charge in [-0.1, -0.05) is 67.0 Å². The molecule has 1 fully saturated rings. The molecule has 0 spiro atoms. The molecule has 2 atom stereocenters. The van der Waals surface area contributed by atoms with Gasteiger partial charge >= 0.3 is 0 Å². The highest BCUT2D eigenvalue weighted by atomic mass is 16.5. The van der Waals surface area contributed by atoms with Gasteiger partial charge in [-0.25, -0.2) is 0 Å². The summed E-state index contributed by atoms with van der Waals surface area (Å²) in [6, 6.07) is 11.7. The van der Waals surface area contributed by atoms with Crippen molar-refractivity contribution in [3.63, 3.8) is 0 Å². The number of amidine groups is 1. The van der Waals surface area contributed by atoms with E-state index in [2.05, 4.69) is 6.92 Å². The van der Waals surface area contributed by atoms with E-state index in [9.17, 15) is 9.90 Å². The zero-order valence-electron chi connectivity index (χ0n) is 22.7. The van der Waals surface area contributed by atoms with E-state index in [1.54, 1.807) is 7.11 Å². The van der Waals surface area contributed by atoms with Gasteiger partial charge in [-0.2, -0.15) is 0 Å². The number of phenolic OH excluding ortho intramolecular Hbond substituents is 1. The van der Waals surface area contributed by atoms with Gasteiger partial charge in [0.1, 0.15) is 17.3 Å². The van der Waals surface area contributed by atoms with Crippen LogP contribution in [0.15, 0.2) is 36.4 Å². The standard InChI is InChI=1S/C30H42N2O3/c1-9-10-20-17-32(28(31)26(20)19-11-13-22(35-8)14-12-19)18-25(33)21-15-23(29(2,3)4)27(34)24(16-21)30(5,6)7/h11-16,20,26,31,34H,9-10,17-18H2,1-8H3/t20-,26-/m1/s1. The first-order valence-corrected chi connectivity index (χ1v) is 12.7. The zero-order valence-corrected chi connectivity index (χ0v) is 22.7. The molecular formula is C30H42N2O3. The lowest BCUT2D eigenvalue weighted by molar-refractivity contribution is 0.0963. The molecule has 1 aliphatic rings. The van der Waals surface area contributed by atoms with Crippen LogP contribution in [0.3, 0.4) is 0 Å². The van der Waals surface area contributed by atoms with Crippen molar-refractivity contribution >= 4 is 11.6 Å². The predicted molar refractivity (Wildman–Crippen MR) is 143 cm³/mol. The third kappa shape index (κ3) is 5.71.